The highest BCUT2D eigenvalue weighted by atomic mass is 79.9. The normalized spacial score (nSPS) is 20.3. The molecule has 1 heterocycles. The highest BCUT2D eigenvalue weighted by molar-refractivity contribution is 9.10. The van der Waals surface area contributed by atoms with E-state index in [-0.39, 0.29) is 30.9 Å². The molecule has 0 unspecified atom stereocenters. The Hall–Kier alpha value is -0.210. The van der Waals surface area contributed by atoms with Crippen LogP contribution < -0.4 is 5.32 Å². The minimum absolute atomic E-state index is 0. The van der Waals surface area contributed by atoms with Crippen LogP contribution in [0.15, 0.2) is 16.6 Å². The van der Waals surface area contributed by atoms with Crippen LogP contribution in [0.4, 0.5) is 13.2 Å². The Labute approximate surface area is 172 Å². The lowest BCUT2D eigenvalue weighted by atomic mass is 9.88. The Kier molecular flexibility index (Phi) is 9.00. The largest absolute Gasteiger partial charge is 0.507 e. The molecule has 0 amide bonds. The topological polar surface area (TPSA) is 35.5 Å². The van der Waals surface area contributed by atoms with Gasteiger partial charge in [-0.15, -0.1) is 24.8 Å². The smallest absolute Gasteiger partial charge is 0.420 e. The number of piperazine rings is 1. The molecule has 1 saturated carbocycles. The maximum absolute atomic E-state index is 13.3. The van der Waals surface area contributed by atoms with Crippen LogP contribution in [0.2, 0.25) is 0 Å². The molecule has 1 atom stereocenters. The third-order valence-electron chi connectivity index (χ3n) is 5.12. The van der Waals surface area contributed by atoms with Crippen LogP contribution in [0.3, 0.4) is 0 Å². The zero-order valence-corrected chi connectivity index (χ0v) is 17.4. The molecule has 150 valence electrons. The Morgan fingerprint density at radius 2 is 1.69 bits per heavy atom. The summed E-state index contributed by atoms with van der Waals surface area (Å²) in [5.74, 6) is -0.314. The van der Waals surface area contributed by atoms with E-state index in [1.54, 1.807) is 6.07 Å². The van der Waals surface area contributed by atoms with Crippen LogP contribution in [-0.4, -0.2) is 36.2 Å². The number of halogens is 6. The molecule has 26 heavy (non-hydrogen) atoms. The Balaban J connectivity index is 0.00000169. The van der Waals surface area contributed by atoms with Gasteiger partial charge in [0.15, 0.2) is 0 Å². The number of rotatable bonds is 3. The first kappa shape index (κ1) is 23.8. The van der Waals surface area contributed by atoms with Crippen molar-refractivity contribution in [2.24, 2.45) is 5.92 Å². The van der Waals surface area contributed by atoms with Gasteiger partial charge in [-0.1, -0.05) is 28.8 Å². The lowest BCUT2D eigenvalue weighted by Crippen LogP contribution is -2.46. The quantitative estimate of drug-likeness (QED) is 0.628. The van der Waals surface area contributed by atoms with Crippen molar-refractivity contribution in [2.75, 3.05) is 26.2 Å². The highest BCUT2D eigenvalue weighted by Gasteiger charge is 2.39. The minimum atomic E-state index is -4.56. The summed E-state index contributed by atoms with van der Waals surface area (Å²) < 4.78 is 40.2. The predicted octanol–water partition coefficient (Wildman–Crippen LogP) is 5.15. The second kappa shape index (κ2) is 9.82. The van der Waals surface area contributed by atoms with Crippen LogP contribution in [-0.2, 0) is 6.18 Å². The fourth-order valence-corrected chi connectivity index (χ4v) is 4.52. The number of benzene rings is 1. The molecule has 0 bridgehead atoms. The summed E-state index contributed by atoms with van der Waals surface area (Å²) in [6.45, 7) is 3.22. The van der Waals surface area contributed by atoms with Crippen LogP contribution in [0, 0.1) is 5.92 Å². The molecule has 1 aromatic carbocycles. The number of alkyl halides is 3. The monoisotopic (exact) mass is 478 g/mol. The van der Waals surface area contributed by atoms with Gasteiger partial charge in [-0.2, -0.15) is 13.2 Å². The van der Waals surface area contributed by atoms with Crippen molar-refractivity contribution in [3.8, 4) is 5.75 Å². The molecule has 2 N–H and O–H groups in total. The number of nitrogens with one attached hydrogen (secondary N) is 1. The zero-order chi connectivity index (χ0) is 17.3. The summed E-state index contributed by atoms with van der Waals surface area (Å²) in [6.07, 6.45) is -0.349. The van der Waals surface area contributed by atoms with Crippen molar-refractivity contribution in [1.82, 2.24) is 10.2 Å². The molecule has 2 fully saturated rings. The van der Waals surface area contributed by atoms with Crippen molar-refractivity contribution in [3.63, 3.8) is 0 Å². The van der Waals surface area contributed by atoms with E-state index < -0.39 is 17.5 Å². The summed E-state index contributed by atoms with van der Waals surface area (Å²) in [6, 6.07) is 2.46. The Morgan fingerprint density at radius 3 is 2.23 bits per heavy atom. The SMILES string of the molecule is Cl.Cl.Oc1c([C@@H](C2CCCC2)N2CCNCC2)cc(Br)cc1C(F)(F)F. The van der Waals surface area contributed by atoms with Gasteiger partial charge in [0, 0.05) is 42.3 Å². The van der Waals surface area contributed by atoms with Gasteiger partial charge in [0.05, 0.1) is 5.56 Å². The number of aromatic hydroxyl groups is 1. The number of hydrogen-bond donors (Lipinski definition) is 2. The molecular formula is C17H24BrCl2F3N2O. The van der Waals surface area contributed by atoms with Gasteiger partial charge in [-0.3, -0.25) is 4.90 Å². The lowest BCUT2D eigenvalue weighted by Gasteiger charge is -2.39. The van der Waals surface area contributed by atoms with Gasteiger partial charge in [-0.05, 0) is 30.9 Å². The molecule has 0 radical (unpaired) electrons. The predicted molar refractivity (Wildman–Crippen MR) is 104 cm³/mol. The van der Waals surface area contributed by atoms with Crippen molar-refractivity contribution in [2.45, 2.75) is 37.9 Å². The van der Waals surface area contributed by atoms with Gasteiger partial charge in [-0.25, -0.2) is 0 Å². The molecule has 2 aliphatic rings. The van der Waals surface area contributed by atoms with E-state index in [0.29, 0.717) is 16.0 Å². The number of nitrogens with zero attached hydrogens (tertiary/aromatic N) is 1. The third-order valence-corrected chi connectivity index (χ3v) is 5.58. The van der Waals surface area contributed by atoms with Gasteiger partial charge < -0.3 is 10.4 Å². The molecule has 3 rings (SSSR count). The van der Waals surface area contributed by atoms with Gasteiger partial charge in [0.1, 0.15) is 5.75 Å². The fraction of sp³-hybridized carbons (Fsp3) is 0.647. The van der Waals surface area contributed by atoms with Crippen molar-refractivity contribution >= 4 is 40.7 Å². The van der Waals surface area contributed by atoms with Crippen LogP contribution in [0.1, 0.15) is 42.9 Å². The van der Waals surface area contributed by atoms with E-state index in [2.05, 4.69) is 26.1 Å². The van der Waals surface area contributed by atoms with Crippen molar-refractivity contribution in [3.05, 3.63) is 27.7 Å². The van der Waals surface area contributed by atoms with E-state index in [1.807, 2.05) is 0 Å². The Bertz CT molecular complexity index is 592. The minimum Gasteiger partial charge on any atom is -0.507 e. The fourth-order valence-electron chi connectivity index (χ4n) is 4.04. The molecular weight excluding hydrogens is 456 g/mol. The van der Waals surface area contributed by atoms with Gasteiger partial charge in [0.2, 0.25) is 0 Å². The van der Waals surface area contributed by atoms with Crippen molar-refractivity contribution < 1.29 is 18.3 Å². The molecule has 1 saturated heterocycles. The summed E-state index contributed by atoms with van der Waals surface area (Å²) in [5.41, 5.74) is -0.546. The number of phenols is 1. The first-order valence-electron chi connectivity index (χ1n) is 8.42. The third kappa shape index (κ3) is 5.19. The van der Waals surface area contributed by atoms with E-state index in [9.17, 15) is 18.3 Å². The molecule has 1 aromatic rings. The number of phenolic OH excluding ortho intramolecular Hbond substituents is 1. The van der Waals surface area contributed by atoms with Gasteiger partial charge >= 0.3 is 6.18 Å². The first-order valence-corrected chi connectivity index (χ1v) is 9.21. The van der Waals surface area contributed by atoms with E-state index in [4.69, 9.17) is 0 Å². The number of hydrogen-bond acceptors (Lipinski definition) is 3. The maximum Gasteiger partial charge on any atom is 0.420 e. The van der Waals surface area contributed by atoms with E-state index in [0.717, 1.165) is 57.9 Å². The highest BCUT2D eigenvalue weighted by Crippen LogP contribution is 2.47. The standard InChI is InChI=1S/C17H22BrF3N2O.2ClH/c18-12-9-13(16(24)14(10-12)17(19,20)21)15(11-3-1-2-4-11)23-7-5-22-6-8-23;;/h9-11,15,22,24H,1-8H2;2*1H/t15-;;/m1../s1. The first-order chi connectivity index (χ1) is 11.4. The second-order valence-electron chi connectivity index (χ2n) is 6.66. The molecule has 3 nitrogen and oxygen atoms in total. The molecule has 1 aliphatic carbocycles. The van der Waals surface area contributed by atoms with Crippen molar-refractivity contribution in [1.29, 1.82) is 0 Å². The summed E-state index contributed by atoms with van der Waals surface area (Å²) in [7, 11) is 0. The van der Waals surface area contributed by atoms with Crippen LogP contribution >= 0.6 is 40.7 Å². The van der Waals surface area contributed by atoms with Crippen LogP contribution in [0.5, 0.6) is 5.75 Å². The molecule has 9 heteroatoms. The Morgan fingerprint density at radius 1 is 1.12 bits per heavy atom. The molecule has 0 aromatic heterocycles. The van der Waals surface area contributed by atoms with E-state index >= 15 is 0 Å². The maximum atomic E-state index is 13.3. The van der Waals surface area contributed by atoms with E-state index in [1.165, 1.54) is 0 Å². The molecule has 1 aliphatic heterocycles. The lowest BCUT2D eigenvalue weighted by molar-refractivity contribution is -0.139. The molecule has 0 spiro atoms. The van der Waals surface area contributed by atoms with Crippen LogP contribution in [0.25, 0.3) is 0 Å². The summed E-state index contributed by atoms with van der Waals surface area (Å²) in [4.78, 5) is 2.23. The zero-order valence-electron chi connectivity index (χ0n) is 14.2. The summed E-state index contributed by atoms with van der Waals surface area (Å²) >= 11 is 3.20. The summed E-state index contributed by atoms with van der Waals surface area (Å²) in [5, 5.41) is 13.7. The average molecular weight is 480 g/mol. The average Bonchev–Trinajstić information content (AvgIpc) is 3.04. The van der Waals surface area contributed by atoms with Gasteiger partial charge in [0.25, 0.3) is 0 Å². The second-order valence-corrected chi connectivity index (χ2v) is 7.58.